The highest BCUT2D eigenvalue weighted by atomic mass is 35.5. The number of ether oxygens (including phenoxy) is 2. The Labute approximate surface area is 121 Å². The highest BCUT2D eigenvalue weighted by molar-refractivity contribution is 6.17. The second kappa shape index (κ2) is 7.04. The van der Waals surface area contributed by atoms with Gasteiger partial charge in [-0.2, -0.15) is 0 Å². The first-order valence-corrected chi connectivity index (χ1v) is 7.71. The summed E-state index contributed by atoms with van der Waals surface area (Å²) in [4.78, 5) is 0. The molecule has 1 aromatic rings. The third-order valence-electron chi connectivity index (χ3n) is 4.02. The summed E-state index contributed by atoms with van der Waals surface area (Å²) in [6.07, 6.45) is 6.52. The quantitative estimate of drug-likeness (QED) is 0.724. The lowest BCUT2D eigenvalue weighted by molar-refractivity contribution is 0.0873. The number of hydrogen-bond donors (Lipinski definition) is 0. The van der Waals surface area contributed by atoms with Gasteiger partial charge in [0.1, 0.15) is 6.10 Å². The minimum atomic E-state index is 0.318. The second-order valence-corrected chi connectivity index (χ2v) is 5.50. The van der Waals surface area contributed by atoms with Crippen LogP contribution in [0, 0.1) is 5.92 Å². The number of benzene rings is 1. The molecule has 0 N–H and O–H groups in total. The summed E-state index contributed by atoms with van der Waals surface area (Å²) < 4.78 is 11.6. The van der Waals surface area contributed by atoms with Crippen molar-refractivity contribution in [3.63, 3.8) is 0 Å². The molecule has 0 radical (unpaired) electrons. The highest BCUT2D eigenvalue weighted by Crippen LogP contribution is 2.35. The Balaban J connectivity index is 2.16. The second-order valence-electron chi connectivity index (χ2n) is 5.23. The van der Waals surface area contributed by atoms with Crippen molar-refractivity contribution in [3.8, 4) is 11.5 Å². The molecule has 0 aromatic heterocycles. The van der Waals surface area contributed by atoms with Crippen LogP contribution in [-0.4, -0.2) is 13.2 Å². The van der Waals surface area contributed by atoms with Gasteiger partial charge in [-0.3, -0.25) is 0 Å². The number of alkyl halides is 1. The van der Waals surface area contributed by atoms with Gasteiger partial charge in [0.25, 0.3) is 0 Å². The van der Waals surface area contributed by atoms with Gasteiger partial charge in [0, 0.05) is 5.88 Å². The summed E-state index contributed by atoms with van der Waals surface area (Å²) in [7, 11) is 1.68. The predicted molar refractivity (Wildman–Crippen MR) is 79.2 cm³/mol. The van der Waals surface area contributed by atoms with Crippen molar-refractivity contribution in [1.29, 1.82) is 0 Å². The molecule has 1 aliphatic carbocycles. The van der Waals surface area contributed by atoms with E-state index in [1.165, 1.54) is 25.7 Å². The molecule has 0 saturated heterocycles. The fraction of sp³-hybridized carbons (Fsp3) is 0.625. The molecule has 3 heteroatoms. The summed E-state index contributed by atoms with van der Waals surface area (Å²) in [6.45, 7) is 2.25. The number of hydrogen-bond acceptors (Lipinski definition) is 2. The van der Waals surface area contributed by atoms with Crippen LogP contribution in [0.5, 0.6) is 11.5 Å². The predicted octanol–water partition coefficient (Wildman–Crippen LogP) is 4.78. The first-order valence-electron chi connectivity index (χ1n) is 7.18. The van der Waals surface area contributed by atoms with Crippen molar-refractivity contribution in [2.45, 2.75) is 51.0 Å². The van der Waals surface area contributed by atoms with E-state index < -0.39 is 0 Å². The monoisotopic (exact) mass is 282 g/mol. The summed E-state index contributed by atoms with van der Waals surface area (Å²) in [5.41, 5.74) is 1.07. The van der Waals surface area contributed by atoms with Crippen molar-refractivity contribution in [2.24, 2.45) is 5.92 Å². The third kappa shape index (κ3) is 3.56. The summed E-state index contributed by atoms with van der Waals surface area (Å²) >= 11 is 5.90. The zero-order valence-electron chi connectivity index (χ0n) is 11.8. The summed E-state index contributed by atoms with van der Waals surface area (Å²) in [5, 5.41) is 0. The molecule has 0 spiro atoms. The summed E-state index contributed by atoms with van der Waals surface area (Å²) in [5.74, 6) is 2.81. The van der Waals surface area contributed by atoms with Gasteiger partial charge in [-0.05, 0) is 49.3 Å². The zero-order chi connectivity index (χ0) is 13.7. The number of halogens is 1. The van der Waals surface area contributed by atoms with E-state index in [9.17, 15) is 0 Å². The van der Waals surface area contributed by atoms with E-state index in [-0.39, 0.29) is 0 Å². The van der Waals surface area contributed by atoms with Crippen molar-refractivity contribution in [3.05, 3.63) is 23.8 Å². The molecule has 0 bridgehead atoms. The van der Waals surface area contributed by atoms with Crippen LogP contribution in [0.1, 0.15) is 44.6 Å². The lowest BCUT2D eigenvalue weighted by Gasteiger charge is -2.31. The molecule has 2 atom stereocenters. The van der Waals surface area contributed by atoms with Crippen molar-refractivity contribution in [2.75, 3.05) is 7.11 Å². The molecule has 2 rings (SSSR count). The van der Waals surface area contributed by atoms with Crippen LogP contribution in [0.2, 0.25) is 0 Å². The first kappa shape index (κ1) is 14.5. The Morgan fingerprint density at radius 2 is 2.00 bits per heavy atom. The minimum absolute atomic E-state index is 0.318. The Morgan fingerprint density at radius 1 is 1.21 bits per heavy atom. The van der Waals surface area contributed by atoms with E-state index in [0.29, 0.717) is 17.9 Å². The lowest BCUT2D eigenvalue weighted by Crippen LogP contribution is -2.30. The Hall–Kier alpha value is -0.890. The summed E-state index contributed by atoms with van der Waals surface area (Å²) in [6, 6.07) is 5.93. The van der Waals surface area contributed by atoms with E-state index in [0.717, 1.165) is 23.5 Å². The Kier molecular flexibility index (Phi) is 5.38. The molecule has 1 aliphatic rings. The maximum atomic E-state index is 6.24. The average Bonchev–Trinajstić information content (AvgIpc) is 2.47. The molecule has 0 aliphatic heterocycles. The van der Waals surface area contributed by atoms with E-state index >= 15 is 0 Å². The Morgan fingerprint density at radius 3 is 2.68 bits per heavy atom. The molecule has 2 nitrogen and oxygen atoms in total. The molecule has 106 valence electrons. The van der Waals surface area contributed by atoms with Crippen LogP contribution in [-0.2, 0) is 5.88 Å². The molecule has 2 unspecified atom stereocenters. The van der Waals surface area contributed by atoms with Gasteiger partial charge in [-0.1, -0.05) is 19.4 Å². The maximum absolute atomic E-state index is 6.24. The van der Waals surface area contributed by atoms with Crippen LogP contribution in [0.4, 0.5) is 0 Å². The van der Waals surface area contributed by atoms with Gasteiger partial charge >= 0.3 is 0 Å². The van der Waals surface area contributed by atoms with Crippen molar-refractivity contribution in [1.82, 2.24) is 0 Å². The lowest BCUT2D eigenvalue weighted by atomic mass is 9.85. The van der Waals surface area contributed by atoms with Gasteiger partial charge in [0.05, 0.1) is 7.11 Å². The zero-order valence-corrected chi connectivity index (χ0v) is 12.6. The number of rotatable bonds is 5. The van der Waals surface area contributed by atoms with Crippen LogP contribution < -0.4 is 9.47 Å². The fourth-order valence-electron chi connectivity index (χ4n) is 2.86. The molecule has 1 aromatic carbocycles. The largest absolute Gasteiger partial charge is 0.493 e. The van der Waals surface area contributed by atoms with Crippen molar-refractivity contribution < 1.29 is 9.47 Å². The van der Waals surface area contributed by atoms with Crippen molar-refractivity contribution >= 4 is 11.6 Å². The van der Waals surface area contributed by atoms with Crippen LogP contribution in [0.3, 0.4) is 0 Å². The number of methoxy groups -OCH3 is 1. The molecular formula is C16H23ClO2. The van der Waals surface area contributed by atoms with Gasteiger partial charge in [0.2, 0.25) is 0 Å². The average molecular weight is 283 g/mol. The molecule has 0 amide bonds. The standard InChI is InChI=1S/C16H23ClO2/c1-3-13-6-4-5-7-14(13)19-16-10-12(11-17)8-9-15(16)18-2/h8-10,13-14H,3-7,11H2,1-2H3. The SMILES string of the molecule is CCC1CCCCC1Oc1cc(CCl)ccc1OC. The molecule has 19 heavy (non-hydrogen) atoms. The topological polar surface area (TPSA) is 18.5 Å². The smallest absolute Gasteiger partial charge is 0.161 e. The maximum Gasteiger partial charge on any atom is 0.161 e. The third-order valence-corrected chi connectivity index (χ3v) is 4.33. The van der Waals surface area contributed by atoms with Crippen LogP contribution in [0.25, 0.3) is 0 Å². The van der Waals surface area contributed by atoms with E-state index in [4.69, 9.17) is 21.1 Å². The molecule has 1 fully saturated rings. The highest BCUT2D eigenvalue weighted by Gasteiger charge is 2.26. The van der Waals surface area contributed by atoms with Gasteiger partial charge < -0.3 is 9.47 Å². The van der Waals surface area contributed by atoms with E-state index in [2.05, 4.69) is 6.92 Å². The van der Waals surface area contributed by atoms with Crippen LogP contribution >= 0.6 is 11.6 Å². The normalized spacial score (nSPS) is 23.1. The molecular weight excluding hydrogens is 260 g/mol. The van der Waals surface area contributed by atoms with E-state index in [1.807, 2.05) is 18.2 Å². The Bertz CT molecular complexity index is 406. The molecule has 0 heterocycles. The van der Waals surface area contributed by atoms with Gasteiger partial charge in [-0.25, -0.2) is 0 Å². The van der Waals surface area contributed by atoms with Crippen LogP contribution in [0.15, 0.2) is 18.2 Å². The molecule has 1 saturated carbocycles. The first-order chi connectivity index (χ1) is 9.28. The van der Waals surface area contributed by atoms with Gasteiger partial charge in [-0.15, -0.1) is 11.6 Å². The van der Waals surface area contributed by atoms with Gasteiger partial charge in [0.15, 0.2) is 11.5 Å². The minimum Gasteiger partial charge on any atom is -0.493 e. The van der Waals surface area contributed by atoms with E-state index in [1.54, 1.807) is 7.11 Å². The fourth-order valence-corrected chi connectivity index (χ4v) is 3.02.